The SMILES string of the molecule is O=C(Nc1cc(Cl)cc(Cl)c1)c1cn2ccsc2n1. The summed E-state index contributed by atoms with van der Waals surface area (Å²) < 4.78 is 1.80. The summed E-state index contributed by atoms with van der Waals surface area (Å²) in [7, 11) is 0. The third-order valence-electron chi connectivity index (χ3n) is 2.45. The van der Waals surface area contributed by atoms with Crippen molar-refractivity contribution in [3.8, 4) is 0 Å². The van der Waals surface area contributed by atoms with E-state index in [2.05, 4.69) is 10.3 Å². The number of nitrogens with one attached hydrogen (secondary N) is 1. The molecular formula is C12H7Cl2N3OS. The van der Waals surface area contributed by atoms with Crippen molar-refractivity contribution in [2.75, 3.05) is 5.32 Å². The summed E-state index contributed by atoms with van der Waals surface area (Å²) in [5.74, 6) is -0.297. The number of carbonyl (C=O) groups is 1. The van der Waals surface area contributed by atoms with E-state index in [4.69, 9.17) is 23.2 Å². The van der Waals surface area contributed by atoms with E-state index in [1.807, 2.05) is 11.6 Å². The van der Waals surface area contributed by atoms with Gasteiger partial charge in [0.1, 0.15) is 5.69 Å². The molecule has 96 valence electrons. The van der Waals surface area contributed by atoms with Gasteiger partial charge in [-0.1, -0.05) is 23.2 Å². The molecule has 0 spiro atoms. The number of anilines is 1. The molecule has 0 saturated carbocycles. The van der Waals surface area contributed by atoms with Crippen LogP contribution in [-0.4, -0.2) is 15.3 Å². The molecule has 1 N–H and O–H groups in total. The van der Waals surface area contributed by atoms with E-state index in [0.717, 1.165) is 4.96 Å². The number of nitrogens with zero attached hydrogens (tertiary/aromatic N) is 2. The van der Waals surface area contributed by atoms with Crippen molar-refractivity contribution in [2.45, 2.75) is 0 Å². The molecule has 2 aromatic heterocycles. The van der Waals surface area contributed by atoms with E-state index in [0.29, 0.717) is 21.4 Å². The van der Waals surface area contributed by atoms with Crippen LogP contribution in [-0.2, 0) is 0 Å². The molecule has 3 aromatic rings. The molecule has 3 rings (SSSR count). The maximum atomic E-state index is 12.0. The summed E-state index contributed by atoms with van der Waals surface area (Å²) >= 11 is 13.2. The highest BCUT2D eigenvalue weighted by Gasteiger charge is 2.12. The first kappa shape index (κ1) is 12.5. The smallest absolute Gasteiger partial charge is 0.275 e. The zero-order valence-corrected chi connectivity index (χ0v) is 11.8. The molecule has 0 unspecified atom stereocenters. The molecule has 0 bridgehead atoms. The normalized spacial score (nSPS) is 10.8. The lowest BCUT2D eigenvalue weighted by Gasteiger charge is -2.04. The topological polar surface area (TPSA) is 46.4 Å². The zero-order chi connectivity index (χ0) is 13.4. The van der Waals surface area contributed by atoms with Crippen LogP contribution in [0.5, 0.6) is 0 Å². The quantitative estimate of drug-likeness (QED) is 0.778. The van der Waals surface area contributed by atoms with Crippen LogP contribution in [0.3, 0.4) is 0 Å². The van der Waals surface area contributed by atoms with Gasteiger partial charge in [0.25, 0.3) is 5.91 Å². The van der Waals surface area contributed by atoms with Gasteiger partial charge >= 0.3 is 0 Å². The van der Waals surface area contributed by atoms with Crippen LogP contribution >= 0.6 is 34.5 Å². The monoisotopic (exact) mass is 311 g/mol. The number of aromatic nitrogens is 2. The van der Waals surface area contributed by atoms with E-state index in [-0.39, 0.29) is 5.91 Å². The maximum absolute atomic E-state index is 12.0. The van der Waals surface area contributed by atoms with Crippen molar-refractivity contribution in [1.29, 1.82) is 0 Å². The standard InChI is InChI=1S/C12H7Cl2N3OS/c13-7-3-8(14)5-9(4-7)15-11(18)10-6-17-1-2-19-12(17)16-10/h1-6H,(H,15,18). The van der Waals surface area contributed by atoms with Crippen LogP contribution < -0.4 is 5.32 Å². The molecule has 4 nitrogen and oxygen atoms in total. The number of fused-ring (bicyclic) bond motifs is 1. The highest BCUT2D eigenvalue weighted by molar-refractivity contribution is 7.15. The number of benzene rings is 1. The van der Waals surface area contributed by atoms with Crippen LogP contribution in [0.4, 0.5) is 5.69 Å². The van der Waals surface area contributed by atoms with Gasteiger partial charge in [-0.05, 0) is 18.2 Å². The van der Waals surface area contributed by atoms with Gasteiger partial charge in [-0.25, -0.2) is 4.98 Å². The minimum absolute atomic E-state index is 0.297. The Morgan fingerprint density at radius 1 is 1.26 bits per heavy atom. The molecule has 0 fully saturated rings. The van der Waals surface area contributed by atoms with Crippen LogP contribution in [0, 0.1) is 0 Å². The summed E-state index contributed by atoms with van der Waals surface area (Å²) in [6.45, 7) is 0. The van der Waals surface area contributed by atoms with Crippen molar-refractivity contribution in [2.24, 2.45) is 0 Å². The lowest BCUT2D eigenvalue weighted by atomic mass is 10.3. The lowest BCUT2D eigenvalue weighted by Crippen LogP contribution is -2.12. The Bertz CT molecular complexity index is 717. The molecule has 0 aliphatic rings. The molecule has 0 saturated heterocycles. The number of amides is 1. The van der Waals surface area contributed by atoms with Crippen molar-refractivity contribution < 1.29 is 4.79 Å². The van der Waals surface area contributed by atoms with Gasteiger partial charge in [-0.15, -0.1) is 11.3 Å². The highest BCUT2D eigenvalue weighted by Crippen LogP contribution is 2.23. The average Bonchev–Trinajstić information content (AvgIpc) is 2.86. The fourth-order valence-electron chi connectivity index (χ4n) is 1.66. The average molecular weight is 312 g/mol. The lowest BCUT2D eigenvalue weighted by molar-refractivity contribution is 0.102. The number of hydrogen-bond acceptors (Lipinski definition) is 3. The fraction of sp³-hybridized carbons (Fsp3) is 0. The number of imidazole rings is 1. The third-order valence-corrected chi connectivity index (χ3v) is 3.65. The van der Waals surface area contributed by atoms with E-state index in [1.165, 1.54) is 11.3 Å². The number of halogens is 2. The summed E-state index contributed by atoms with van der Waals surface area (Å²) in [5.41, 5.74) is 0.891. The predicted molar refractivity (Wildman–Crippen MR) is 77.5 cm³/mol. The highest BCUT2D eigenvalue weighted by atomic mass is 35.5. The van der Waals surface area contributed by atoms with Crippen molar-refractivity contribution in [1.82, 2.24) is 9.38 Å². The Kier molecular flexibility index (Phi) is 3.18. The fourth-order valence-corrected chi connectivity index (χ4v) is 2.88. The summed E-state index contributed by atoms with van der Waals surface area (Å²) in [5, 5.41) is 5.55. The van der Waals surface area contributed by atoms with Gasteiger partial charge in [0, 0.05) is 33.5 Å². The Labute approximate surface area is 122 Å². The molecule has 0 radical (unpaired) electrons. The van der Waals surface area contributed by atoms with Crippen LogP contribution in [0.2, 0.25) is 10.0 Å². The van der Waals surface area contributed by atoms with Gasteiger partial charge in [0.2, 0.25) is 0 Å². The predicted octanol–water partition coefficient (Wildman–Crippen LogP) is 3.95. The molecule has 1 aromatic carbocycles. The van der Waals surface area contributed by atoms with Crippen molar-refractivity contribution in [3.63, 3.8) is 0 Å². The second-order valence-electron chi connectivity index (χ2n) is 3.83. The first-order valence-electron chi connectivity index (χ1n) is 5.31. The minimum Gasteiger partial charge on any atom is -0.320 e. The molecule has 19 heavy (non-hydrogen) atoms. The number of carbonyl (C=O) groups excluding carboxylic acids is 1. The van der Waals surface area contributed by atoms with Crippen LogP contribution in [0.1, 0.15) is 10.5 Å². The number of thiazole rings is 1. The molecule has 0 aliphatic carbocycles. The van der Waals surface area contributed by atoms with E-state index in [9.17, 15) is 4.79 Å². The number of rotatable bonds is 2. The Morgan fingerprint density at radius 3 is 2.68 bits per heavy atom. The van der Waals surface area contributed by atoms with Gasteiger partial charge in [-0.3, -0.25) is 9.20 Å². The molecule has 1 amide bonds. The third kappa shape index (κ3) is 2.58. The molecule has 7 heteroatoms. The maximum Gasteiger partial charge on any atom is 0.275 e. The Balaban J connectivity index is 1.86. The van der Waals surface area contributed by atoms with E-state index >= 15 is 0 Å². The second kappa shape index (κ2) is 4.85. The minimum atomic E-state index is -0.297. The van der Waals surface area contributed by atoms with E-state index in [1.54, 1.807) is 28.8 Å². The van der Waals surface area contributed by atoms with Gasteiger partial charge in [0.05, 0.1) is 0 Å². The van der Waals surface area contributed by atoms with E-state index < -0.39 is 0 Å². The second-order valence-corrected chi connectivity index (χ2v) is 5.58. The number of hydrogen-bond donors (Lipinski definition) is 1. The van der Waals surface area contributed by atoms with Crippen molar-refractivity contribution >= 4 is 51.1 Å². The molecule has 2 heterocycles. The zero-order valence-electron chi connectivity index (χ0n) is 9.43. The van der Waals surface area contributed by atoms with Crippen LogP contribution in [0.25, 0.3) is 4.96 Å². The van der Waals surface area contributed by atoms with Gasteiger partial charge < -0.3 is 5.32 Å². The van der Waals surface area contributed by atoms with Gasteiger partial charge in [-0.2, -0.15) is 0 Å². The first-order chi connectivity index (χ1) is 9.11. The summed E-state index contributed by atoms with van der Waals surface area (Å²) in [4.78, 5) is 17.0. The summed E-state index contributed by atoms with van der Waals surface area (Å²) in [6.07, 6.45) is 3.52. The van der Waals surface area contributed by atoms with Crippen LogP contribution in [0.15, 0.2) is 36.0 Å². The Morgan fingerprint density at radius 2 is 2.00 bits per heavy atom. The molecule has 0 atom stereocenters. The van der Waals surface area contributed by atoms with Gasteiger partial charge in [0.15, 0.2) is 4.96 Å². The first-order valence-corrected chi connectivity index (χ1v) is 6.95. The Hall–Kier alpha value is -1.56. The molecular weight excluding hydrogens is 305 g/mol. The largest absolute Gasteiger partial charge is 0.320 e. The van der Waals surface area contributed by atoms with Crippen molar-refractivity contribution in [3.05, 3.63) is 51.7 Å². The summed E-state index contributed by atoms with van der Waals surface area (Å²) in [6, 6.07) is 4.86. The molecule has 0 aliphatic heterocycles.